The number of fused-ring (bicyclic) bond motifs is 4. The van der Waals surface area contributed by atoms with Gasteiger partial charge in [0, 0.05) is 18.5 Å². The second-order valence-electron chi connectivity index (χ2n) is 9.50. The molecule has 4 heterocycles. The maximum absolute atomic E-state index is 13.7. The molecule has 1 aromatic heterocycles. The lowest BCUT2D eigenvalue weighted by Gasteiger charge is -2.38. The number of aliphatic imine (C=N–C) groups is 1. The van der Waals surface area contributed by atoms with Gasteiger partial charge in [-0.2, -0.15) is 5.10 Å². The molecule has 1 amide bonds. The third-order valence-corrected chi connectivity index (χ3v) is 8.37. The second-order valence-corrected chi connectivity index (χ2v) is 11.2. The Bertz CT molecular complexity index is 1300. The lowest BCUT2D eigenvalue weighted by Crippen LogP contribution is -2.52. The van der Waals surface area contributed by atoms with Crippen molar-refractivity contribution in [2.75, 3.05) is 18.1 Å². The minimum absolute atomic E-state index is 0.0534. The van der Waals surface area contributed by atoms with Gasteiger partial charge in [0.1, 0.15) is 0 Å². The molecule has 0 radical (unpaired) electrons. The first kappa shape index (κ1) is 20.7. The highest BCUT2D eigenvalue weighted by atomic mass is 32.2. The molecule has 2 aromatic rings. The summed E-state index contributed by atoms with van der Waals surface area (Å²) in [4.78, 5) is 22.0. The van der Waals surface area contributed by atoms with E-state index in [2.05, 4.69) is 14.8 Å². The lowest BCUT2D eigenvalue weighted by molar-refractivity contribution is 0.0831. The number of hydrogen-bond acceptors (Lipinski definition) is 7. The molecule has 1 saturated carbocycles. The van der Waals surface area contributed by atoms with Crippen LogP contribution in [0.3, 0.4) is 0 Å². The highest BCUT2D eigenvalue weighted by molar-refractivity contribution is 7.89. The summed E-state index contributed by atoms with van der Waals surface area (Å²) < 4.78 is 36.3. The number of benzene rings is 1. The van der Waals surface area contributed by atoms with Crippen molar-refractivity contribution in [1.82, 2.24) is 19.4 Å². The average Bonchev–Trinajstić information content (AvgIpc) is 3.18. The van der Waals surface area contributed by atoms with E-state index in [1.807, 2.05) is 23.4 Å². The number of aromatic nitrogens is 2. The van der Waals surface area contributed by atoms with Gasteiger partial charge in [0.05, 0.1) is 53.6 Å². The molecule has 0 saturated heterocycles. The molecule has 4 aliphatic rings. The number of sulfonamides is 1. The summed E-state index contributed by atoms with van der Waals surface area (Å²) in [6.45, 7) is 6.14. The van der Waals surface area contributed by atoms with Crippen LogP contribution in [-0.4, -0.2) is 59.7 Å². The lowest BCUT2D eigenvalue weighted by atomic mass is 10.1. The molecule has 0 spiro atoms. The number of nitrogens with one attached hydrogen (secondary N) is 1. The van der Waals surface area contributed by atoms with Crippen LogP contribution in [-0.2, 0) is 23.1 Å². The number of ether oxygens (including phenoxy) is 1. The fraction of sp³-hybridized carbons (Fsp3) is 0.500. The fourth-order valence-electron chi connectivity index (χ4n) is 4.65. The zero-order valence-corrected chi connectivity index (χ0v) is 19.4. The van der Waals surface area contributed by atoms with Crippen LogP contribution in [0.1, 0.15) is 49.0 Å². The minimum Gasteiger partial charge on any atom is -0.478 e. The van der Waals surface area contributed by atoms with Crippen molar-refractivity contribution >= 4 is 27.6 Å². The molecule has 0 unspecified atom stereocenters. The Balaban J connectivity index is 1.39. The Kier molecular flexibility index (Phi) is 4.41. The van der Waals surface area contributed by atoms with Gasteiger partial charge in [0.15, 0.2) is 0 Å². The van der Waals surface area contributed by atoms with Crippen molar-refractivity contribution < 1.29 is 17.9 Å². The second kappa shape index (κ2) is 7.04. The van der Waals surface area contributed by atoms with Crippen LogP contribution in [0.4, 0.5) is 5.69 Å². The Morgan fingerprint density at radius 1 is 1.30 bits per heavy atom. The third kappa shape index (κ3) is 3.33. The zero-order chi connectivity index (χ0) is 23.0. The van der Waals surface area contributed by atoms with Crippen molar-refractivity contribution in [2.24, 2.45) is 4.99 Å². The SMILES string of the molecule is C[C@@H]1CN=C2N(Cc3cnn4c3OCCC4)C(=O)c3cc(S(=O)(=O)NC4(C)CC4)ccc3N21. The molecule has 1 fully saturated rings. The summed E-state index contributed by atoms with van der Waals surface area (Å²) in [7, 11) is -3.73. The molecule has 1 N–H and O–H groups in total. The van der Waals surface area contributed by atoms with Crippen molar-refractivity contribution in [3.8, 4) is 5.88 Å². The van der Waals surface area contributed by atoms with Crippen LogP contribution in [0, 0.1) is 0 Å². The first-order valence-corrected chi connectivity index (χ1v) is 12.8. The molecular formula is C22H26N6O4S. The van der Waals surface area contributed by atoms with Gasteiger partial charge in [0.2, 0.25) is 21.9 Å². The molecule has 3 aliphatic heterocycles. The van der Waals surface area contributed by atoms with Gasteiger partial charge in [0.25, 0.3) is 5.91 Å². The van der Waals surface area contributed by atoms with E-state index < -0.39 is 15.6 Å². The van der Waals surface area contributed by atoms with E-state index in [0.29, 0.717) is 36.2 Å². The van der Waals surface area contributed by atoms with Gasteiger partial charge in [-0.3, -0.25) is 14.7 Å². The molecule has 1 atom stereocenters. The van der Waals surface area contributed by atoms with Gasteiger partial charge in [-0.1, -0.05) is 0 Å². The van der Waals surface area contributed by atoms with E-state index in [4.69, 9.17) is 4.74 Å². The molecule has 33 heavy (non-hydrogen) atoms. The van der Waals surface area contributed by atoms with Crippen molar-refractivity contribution in [3.05, 3.63) is 35.5 Å². The van der Waals surface area contributed by atoms with E-state index in [1.165, 1.54) is 6.07 Å². The third-order valence-electron chi connectivity index (χ3n) is 6.73. The maximum Gasteiger partial charge on any atom is 0.263 e. The Morgan fingerprint density at radius 2 is 2.12 bits per heavy atom. The summed E-state index contributed by atoms with van der Waals surface area (Å²) in [5.41, 5.74) is 1.45. The predicted octanol–water partition coefficient (Wildman–Crippen LogP) is 1.72. The standard InChI is InChI=1S/C22H26N6O4S/c1-14-11-23-21-26(13-15-12-24-27-8-3-9-32-20(15)27)19(29)17-10-16(4-5-18(17)28(14)21)33(30,31)25-22(2)6-7-22/h4-5,10,12,14,25H,3,6-9,11,13H2,1-2H3/t14-/m1/s1. The number of nitrogens with zero attached hydrogens (tertiary/aromatic N) is 5. The van der Waals surface area contributed by atoms with Gasteiger partial charge < -0.3 is 9.64 Å². The molecule has 6 rings (SSSR count). The van der Waals surface area contributed by atoms with E-state index in [1.54, 1.807) is 23.2 Å². The van der Waals surface area contributed by atoms with Gasteiger partial charge in [-0.25, -0.2) is 17.8 Å². The summed E-state index contributed by atoms with van der Waals surface area (Å²) >= 11 is 0. The van der Waals surface area contributed by atoms with Crippen molar-refractivity contribution in [1.29, 1.82) is 0 Å². The number of guanidine groups is 1. The fourth-order valence-corrected chi connectivity index (χ4v) is 6.14. The number of rotatable bonds is 5. The quantitative estimate of drug-likeness (QED) is 0.713. The monoisotopic (exact) mass is 470 g/mol. The van der Waals surface area contributed by atoms with E-state index in [0.717, 1.165) is 31.4 Å². The smallest absolute Gasteiger partial charge is 0.263 e. The average molecular weight is 471 g/mol. The molecule has 11 heteroatoms. The summed E-state index contributed by atoms with van der Waals surface area (Å²) in [6, 6.07) is 4.83. The zero-order valence-electron chi connectivity index (χ0n) is 18.6. The van der Waals surface area contributed by atoms with E-state index in [9.17, 15) is 13.2 Å². The minimum atomic E-state index is -3.73. The Morgan fingerprint density at radius 3 is 2.91 bits per heavy atom. The molecule has 10 nitrogen and oxygen atoms in total. The first-order chi connectivity index (χ1) is 15.8. The molecule has 1 aliphatic carbocycles. The summed E-state index contributed by atoms with van der Waals surface area (Å²) in [5, 5.41) is 4.39. The molecule has 1 aromatic carbocycles. The van der Waals surface area contributed by atoms with Crippen LogP contribution in [0.25, 0.3) is 0 Å². The van der Waals surface area contributed by atoms with Crippen LogP contribution in [0.5, 0.6) is 5.88 Å². The van der Waals surface area contributed by atoms with Crippen LogP contribution >= 0.6 is 0 Å². The number of amides is 1. The molecule has 0 bridgehead atoms. The van der Waals surface area contributed by atoms with Gasteiger partial charge in [-0.05, 0) is 44.9 Å². The van der Waals surface area contributed by atoms with Gasteiger partial charge in [-0.15, -0.1) is 0 Å². The van der Waals surface area contributed by atoms with E-state index in [-0.39, 0.29) is 23.4 Å². The van der Waals surface area contributed by atoms with Gasteiger partial charge >= 0.3 is 0 Å². The molecular weight excluding hydrogens is 444 g/mol. The van der Waals surface area contributed by atoms with Crippen LogP contribution < -0.4 is 14.4 Å². The highest BCUT2D eigenvalue weighted by Crippen LogP contribution is 2.38. The number of hydrogen-bond donors (Lipinski definition) is 1. The Hall–Kier alpha value is -2.92. The number of carbonyl (C=O) groups is 1. The first-order valence-electron chi connectivity index (χ1n) is 11.3. The van der Waals surface area contributed by atoms with Crippen molar-refractivity contribution in [2.45, 2.75) is 62.7 Å². The summed E-state index contributed by atoms with van der Waals surface area (Å²) in [6.07, 6.45) is 4.25. The topological polar surface area (TPSA) is 109 Å². The maximum atomic E-state index is 13.7. The van der Waals surface area contributed by atoms with Crippen LogP contribution in [0.2, 0.25) is 0 Å². The summed E-state index contributed by atoms with van der Waals surface area (Å²) in [5.74, 6) is 0.978. The van der Waals surface area contributed by atoms with Crippen molar-refractivity contribution in [3.63, 3.8) is 0 Å². The van der Waals surface area contributed by atoms with Crippen LogP contribution in [0.15, 0.2) is 34.3 Å². The normalized spacial score (nSPS) is 22.9. The Labute approximate surface area is 192 Å². The number of anilines is 1. The highest BCUT2D eigenvalue weighted by Gasteiger charge is 2.43. The van der Waals surface area contributed by atoms with E-state index >= 15 is 0 Å². The molecule has 174 valence electrons. The number of carbonyl (C=O) groups excluding carboxylic acids is 1. The largest absolute Gasteiger partial charge is 0.478 e. The predicted molar refractivity (Wildman–Crippen MR) is 121 cm³/mol. The number of aryl methyl sites for hydroxylation is 1.